The van der Waals surface area contributed by atoms with Gasteiger partial charge in [0.05, 0.1) is 0 Å². The molecule has 204 valence electrons. The molecule has 0 unspecified atom stereocenters. The molecule has 0 saturated heterocycles. The van der Waals surface area contributed by atoms with Crippen LogP contribution in [-0.4, -0.2) is 48.4 Å². The van der Waals surface area contributed by atoms with Crippen LogP contribution >= 0.6 is 31.9 Å². The van der Waals surface area contributed by atoms with Crippen LogP contribution in [0, 0.1) is 22.2 Å². The van der Waals surface area contributed by atoms with Gasteiger partial charge < -0.3 is 0 Å². The minimum atomic E-state index is -1.92. The van der Waals surface area contributed by atoms with Crippen molar-refractivity contribution in [3.63, 3.8) is 0 Å². The van der Waals surface area contributed by atoms with E-state index in [2.05, 4.69) is 170 Å². The third-order valence-corrected chi connectivity index (χ3v) is 24.6. The summed E-state index contributed by atoms with van der Waals surface area (Å²) in [5.41, 5.74) is 15.1. The second-order valence-corrected chi connectivity index (χ2v) is 43.2. The van der Waals surface area contributed by atoms with Gasteiger partial charge in [-0.05, 0) is 22.5 Å². The molecule has 1 aliphatic heterocycles. The molecule has 38 heavy (non-hydrogen) atoms. The van der Waals surface area contributed by atoms with E-state index in [1.54, 1.807) is 20.7 Å². The lowest BCUT2D eigenvalue weighted by atomic mass is 10.3. The lowest BCUT2D eigenvalue weighted by Gasteiger charge is -2.43. The van der Waals surface area contributed by atoms with Crippen LogP contribution in [0.3, 0.4) is 0 Å². The summed E-state index contributed by atoms with van der Waals surface area (Å²) < 4.78 is 2.55. The summed E-state index contributed by atoms with van der Waals surface area (Å²) >= 11 is 8.12. The summed E-state index contributed by atoms with van der Waals surface area (Å²) in [6.07, 6.45) is 0. The van der Waals surface area contributed by atoms with Crippen LogP contribution in [0.5, 0.6) is 0 Å². The van der Waals surface area contributed by atoms with E-state index >= 15 is 0 Å². The first-order valence-electron chi connectivity index (χ1n) is 13.7. The molecule has 0 amide bonds. The average molecular weight is 735 g/mol. The number of benzene rings is 2. The average Bonchev–Trinajstić information content (AvgIpc) is 2.74. The zero-order valence-corrected chi connectivity index (χ0v) is 35.2. The zero-order valence-electron chi connectivity index (χ0n) is 26.1. The van der Waals surface area contributed by atoms with Crippen molar-refractivity contribution in [2.75, 3.05) is 0 Å². The Kier molecular flexibility index (Phi) is 8.74. The Labute approximate surface area is 256 Å². The van der Waals surface area contributed by atoms with Gasteiger partial charge in [-0.3, -0.25) is 0 Å². The number of halogens is 2. The molecule has 0 atom stereocenters. The van der Waals surface area contributed by atoms with Gasteiger partial charge in [0, 0.05) is 8.95 Å². The van der Waals surface area contributed by atoms with Gasteiger partial charge in [-0.15, -0.1) is 22.2 Å². The van der Waals surface area contributed by atoms with Crippen molar-refractivity contribution in [2.45, 2.75) is 91.7 Å². The Balaban J connectivity index is 2.28. The highest BCUT2D eigenvalue weighted by molar-refractivity contribution is 9.11. The Morgan fingerprint density at radius 2 is 0.737 bits per heavy atom. The summed E-state index contributed by atoms with van der Waals surface area (Å²) in [5.74, 6) is 0. The monoisotopic (exact) mass is 732 g/mol. The Bertz CT molecular complexity index is 1310. The first-order valence-corrected chi connectivity index (χ1v) is 34.3. The highest BCUT2D eigenvalue weighted by Gasteiger charge is 2.46. The molecular weight excluding hydrogens is 689 g/mol. The van der Waals surface area contributed by atoms with Gasteiger partial charge >= 0.3 is 0 Å². The fraction of sp³-hybridized carbons (Fsp3) is 0.467. The normalized spacial score (nSPS) is 16.4. The molecule has 2 aromatic carbocycles. The quantitative estimate of drug-likeness (QED) is 0.269. The molecule has 0 aromatic heterocycles. The maximum Gasteiger partial charge on any atom is 0.163 e. The molecule has 0 aliphatic carbocycles. The largest absolute Gasteiger partial charge is 0.163 e. The summed E-state index contributed by atoms with van der Waals surface area (Å²) in [4.78, 5) is 0. The van der Waals surface area contributed by atoms with Gasteiger partial charge in [0.25, 0.3) is 0 Å². The van der Waals surface area contributed by atoms with E-state index < -0.39 is 48.4 Å². The van der Waals surface area contributed by atoms with E-state index in [0.29, 0.717) is 0 Å². The highest BCUT2D eigenvalue weighted by atomic mass is 79.9. The van der Waals surface area contributed by atoms with E-state index in [1.165, 1.54) is 19.3 Å². The van der Waals surface area contributed by atoms with Gasteiger partial charge in [-0.2, -0.15) is 0 Å². The molecule has 2 aromatic rings. The molecule has 1 aliphatic rings. The van der Waals surface area contributed by atoms with Crippen LogP contribution < -0.4 is 31.1 Å². The lowest BCUT2D eigenvalue weighted by Crippen LogP contribution is -2.79. The number of fused-ring (bicyclic) bond motifs is 2. The predicted molar refractivity (Wildman–Crippen MR) is 198 cm³/mol. The van der Waals surface area contributed by atoms with Gasteiger partial charge in [0.15, 0.2) is 16.1 Å². The van der Waals surface area contributed by atoms with Crippen LogP contribution in [0.25, 0.3) is 0 Å². The van der Waals surface area contributed by atoms with Crippen molar-refractivity contribution in [2.24, 2.45) is 0 Å². The van der Waals surface area contributed by atoms with Crippen molar-refractivity contribution in [1.29, 1.82) is 0 Å². The maximum atomic E-state index is 4.06. The third-order valence-electron chi connectivity index (χ3n) is 7.75. The first kappa shape index (κ1) is 32.3. The van der Waals surface area contributed by atoms with E-state index in [-0.39, 0.29) is 0 Å². The second kappa shape index (κ2) is 10.3. The van der Waals surface area contributed by atoms with Crippen LogP contribution in [-0.2, 0) is 0 Å². The summed E-state index contributed by atoms with van der Waals surface area (Å²) in [6.45, 7) is 34.1. The molecule has 0 radical (unpaired) electrons. The molecule has 8 heteroatoms. The zero-order chi connectivity index (χ0) is 29.3. The van der Waals surface area contributed by atoms with Gasteiger partial charge in [-0.25, -0.2) is 0 Å². The van der Waals surface area contributed by atoms with Crippen LogP contribution in [0.2, 0.25) is 91.7 Å². The molecule has 0 nitrogen and oxygen atoms in total. The molecule has 0 saturated carbocycles. The summed E-state index contributed by atoms with van der Waals surface area (Å²) in [5, 5.41) is 9.49. The van der Waals surface area contributed by atoms with Gasteiger partial charge in [0.1, 0.15) is 32.3 Å². The van der Waals surface area contributed by atoms with E-state index in [1.807, 2.05) is 0 Å². The number of hydrogen-bond acceptors (Lipinski definition) is 0. The summed E-state index contributed by atoms with van der Waals surface area (Å²) in [6, 6.07) is 10.3. The molecule has 0 N–H and O–H groups in total. The lowest BCUT2D eigenvalue weighted by molar-refractivity contribution is 1.62. The number of rotatable bonds is 2. The standard InChI is InChI=1S/C30H46Br2Si6/c1-33(2,3)15-17-35(7,8)25-21-29-27(19-23(25)31)38(13,14)30-22-26(24(32)20-28(30)37(29,11)12)36(9,10)18-16-34(4,5)6/h19-22H,1-14H3. The van der Waals surface area contributed by atoms with Crippen molar-refractivity contribution in [1.82, 2.24) is 0 Å². The molecule has 1 heterocycles. The van der Waals surface area contributed by atoms with Crippen LogP contribution in [0.4, 0.5) is 0 Å². The van der Waals surface area contributed by atoms with Gasteiger partial charge in [0.2, 0.25) is 0 Å². The van der Waals surface area contributed by atoms with Crippen molar-refractivity contribution < 1.29 is 0 Å². The first-order chi connectivity index (χ1) is 16.9. The minimum absolute atomic E-state index is 1.28. The smallest absolute Gasteiger partial charge is 0.138 e. The highest BCUT2D eigenvalue weighted by Crippen LogP contribution is 2.22. The predicted octanol–water partition coefficient (Wildman–Crippen LogP) is 5.84. The fourth-order valence-corrected chi connectivity index (χ4v) is 27.1. The Morgan fingerprint density at radius 3 is 1.00 bits per heavy atom. The van der Waals surface area contributed by atoms with Crippen molar-refractivity contribution in [3.05, 3.63) is 33.2 Å². The molecule has 0 spiro atoms. The van der Waals surface area contributed by atoms with Crippen molar-refractivity contribution in [3.8, 4) is 22.2 Å². The SMILES string of the molecule is C[Si](C)(C)C#C[Si](C)(C)c1cc2c(cc1Br)[Si](C)(C)c1cc([Si](C)(C)C#C[Si](C)(C)C)c(Br)cc1[Si]2(C)C. The number of hydrogen-bond donors (Lipinski definition) is 0. The Hall–Kier alpha value is -0.179. The molecular formula is C30H46Br2Si6. The summed E-state index contributed by atoms with van der Waals surface area (Å²) in [7, 11) is -10.5. The fourth-order valence-electron chi connectivity index (χ4n) is 5.29. The van der Waals surface area contributed by atoms with Gasteiger partial charge in [-0.1, -0.05) is 156 Å². The van der Waals surface area contributed by atoms with Crippen LogP contribution in [0.15, 0.2) is 33.2 Å². The molecule has 0 bridgehead atoms. The maximum absolute atomic E-state index is 4.06. The minimum Gasteiger partial charge on any atom is -0.138 e. The third kappa shape index (κ3) is 6.49. The van der Waals surface area contributed by atoms with E-state index in [4.69, 9.17) is 0 Å². The second-order valence-electron chi connectivity index (χ2n) is 15.3. The Morgan fingerprint density at radius 1 is 0.474 bits per heavy atom. The van der Waals surface area contributed by atoms with E-state index in [0.717, 1.165) is 0 Å². The topological polar surface area (TPSA) is 0 Å². The molecule has 0 fully saturated rings. The van der Waals surface area contributed by atoms with Crippen molar-refractivity contribution >= 4 is 111 Å². The molecule has 3 rings (SSSR count). The van der Waals surface area contributed by atoms with Crippen LogP contribution in [0.1, 0.15) is 0 Å². The van der Waals surface area contributed by atoms with E-state index in [9.17, 15) is 0 Å².